The number of carbonyl (C=O) groups is 1. The van der Waals surface area contributed by atoms with Gasteiger partial charge in [-0.05, 0) is 49.8 Å². The Kier molecular flexibility index (Phi) is 5.05. The van der Waals surface area contributed by atoms with Crippen molar-refractivity contribution in [2.24, 2.45) is 5.92 Å². The Morgan fingerprint density at radius 1 is 1.25 bits per heavy atom. The van der Waals surface area contributed by atoms with Crippen LogP contribution < -0.4 is 10.2 Å². The van der Waals surface area contributed by atoms with Gasteiger partial charge in [0.1, 0.15) is 0 Å². The first-order valence-corrected chi connectivity index (χ1v) is 7.71. The second-order valence-electron chi connectivity index (χ2n) is 6.19. The molecule has 0 atom stereocenters. The molecule has 2 rings (SSSR count). The van der Waals surface area contributed by atoms with Crippen molar-refractivity contribution in [3.63, 3.8) is 0 Å². The molecular formula is C17H26N2O. The van der Waals surface area contributed by atoms with Crippen molar-refractivity contribution in [3.8, 4) is 0 Å². The number of nitrogens with zero attached hydrogens (tertiary/aromatic N) is 1. The zero-order valence-electron chi connectivity index (χ0n) is 12.9. The molecule has 0 saturated carbocycles. The molecule has 0 unspecified atom stereocenters. The van der Waals surface area contributed by atoms with Crippen LogP contribution in [0.5, 0.6) is 0 Å². The molecule has 0 spiro atoms. The minimum absolute atomic E-state index is 0.110. The average Bonchev–Trinajstić information content (AvgIpc) is 2.41. The van der Waals surface area contributed by atoms with Gasteiger partial charge < -0.3 is 10.2 Å². The molecule has 3 heteroatoms. The molecule has 1 aliphatic heterocycles. The van der Waals surface area contributed by atoms with Crippen LogP contribution in [0.4, 0.5) is 11.4 Å². The Hall–Kier alpha value is -1.51. The summed E-state index contributed by atoms with van der Waals surface area (Å²) in [4.78, 5) is 14.4. The van der Waals surface area contributed by atoms with Crippen molar-refractivity contribution in [2.45, 2.75) is 46.5 Å². The number of carbonyl (C=O) groups excluding carboxylic acids is 1. The van der Waals surface area contributed by atoms with E-state index in [9.17, 15) is 4.79 Å². The van der Waals surface area contributed by atoms with Crippen LogP contribution in [-0.2, 0) is 4.79 Å². The zero-order valence-corrected chi connectivity index (χ0v) is 12.9. The normalized spacial score (nSPS) is 15.5. The summed E-state index contributed by atoms with van der Waals surface area (Å²) in [7, 11) is 0. The Morgan fingerprint density at radius 2 is 1.95 bits per heavy atom. The first kappa shape index (κ1) is 14.9. The summed E-state index contributed by atoms with van der Waals surface area (Å²) in [6, 6.07) is 6.40. The number of aryl methyl sites for hydroxylation is 1. The van der Waals surface area contributed by atoms with E-state index < -0.39 is 0 Å². The lowest BCUT2D eigenvalue weighted by Gasteiger charge is -2.29. The molecule has 1 fully saturated rings. The summed E-state index contributed by atoms with van der Waals surface area (Å²) >= 11 is 0. The highest BCUT2D eigenvalue weighted by atomic mass is 16.1. The van der Waals surface area contributed by atoms with Gasteiger partial charge in [-0.3, -0.25) is 4.79 Å². The molecule has 0 aromatic heterocycles. The van der Waals surface area contributed by atoms with Crippen LogP contribution in [0.25, 0.3) is 0 Å². The van der Waals surface area contributed by atoms with Gasteiger partial charge in [0.05, 0.1) is 0 Å². The summed E-state index contributed by atoms with van der Waals surface area (Å²) in [5, 5.41) is 3.06. The molecule has 1 N–H and O–H groups in total. The maximum atomic E-state index is 11.9. The predicted octanol–water partition coefficient (Wildman–Crippen LogP) is 3.97. The van der Waals surface area contributed by atoms with Crippen molar-refractivity contribution < 1.29 is 4.79 Å². The lowest BCUT2D eigenvalue weighted by Crippen LogP contribution is -2.29. The number of rotatable bonds is 4. The molecule has 0 aliphatic carbocycles. The number of anilines is 2. The van der Waals surface area contributed by atoms with Crippen LogP contribution in [0, 0.1) is 12.8 Å². The van der Waals surface area contributed by atoms with Crippen LogP contribution in [0.15, 0.2) is 18.2 Å². The largest absolute Gasteiger partial charge is 0.371 e. The van der Waals surface area contributed by atoms with Crippen molar-refractivity contribution in [1.29, 1.82) is 0 Å². The average molecular weight is 274 g/mol. The van der Waals surface area contributed by atoms with Gasteiger partial charge in [0.2, 0.25) is 5.91 Å². The molecular weight excluding hydrogens is 248 g/mol. The number of hydrogen-bond donors (Lipinski definition) is 1. The minimum Gasteiger partial charge on any atom is -0.371 e. The van der Waals surface area contributed by atoms with Crippen molar-refractivity contribution in [2.75, 3.05) is 23.3 Å². The number of piperidine rings is 1. The Labute approximate surface area is 122 Å². The molecule has 1 saturated heterocycles. The van der Waals surface area contributed by atoms with E-state index in [0.29, 0.717) is 12.3 Å². The number of hydrogen-bond acceptors (Lipinski definition) is 2. The third kappa shape index (κ3) is 3.99. The van der Waals surface area contributed by atoms with E-state index >= 15 is 0 Å². The van der Waals surface area contributed by atoms with Crippen LogP contribution >= 0.6 is 0 Å². The fourth-order valence-electron chi connectivity index (χ4n) is 2.67. The molecule has 1 aromatic carbocycles. The van der Waals surface area contributed by atoms with E-state index in [2.05, 4.69) is 42.3 Å². The Morgan fingerprint density at radius 3 is 2.60 bits per heavy atom. The molecule has 0 bridgehead atoms. The van der Waals surface area contributed by atoms with Gasteiger partial charge in [0, 0.05) is 30.9 Å². The summed E-state index contributed by atoms with van der Waals surface area (Å²) in [5.74, 6) is 0.500. The van der Waals surface area contributed by atoms with Gasteiger partial charge in [0.25, 0.3) is 0 Å². The number of nitrogens with one attached hydrogen (secondary N) is 1. The Bertz CT molecular complexity index is 462. The molecule has 3 nitrogen and oxygen atoms in total. The fourth-order valence-corrected chi connectivity index (χ4v) is 2.67. The number of amides is 1. The van der Waals surface area contributed by atoms with Crippen LogP contribution in [-0.4, -0.2) is 19.0 Å². The lowest BCUT2D eigenvalue weighted by molar-refractivity contribution is -0.116. The fraction of sp³-hybridized carbons (Fsp3) is 0.588. The van der Waals surface area contributed by atoms with Crippen LogP contribution in [0.1, 0.15) is 45.1 Å². The topological polar surface area (TPSA) is 32.3 Å². The maximum Gasteiger partial charge on any atom is 0.224 e. The summed E-state index contributed by atoms with van der Waals surface area (Å²) < 4.78 is 0. The minimum atomic E-state index is 0.110. The van der Waals surface area contributed by atoms with Crippen molar-refractivity contribution >= 4 is 17.3 Å². The Balaban J connectivity index is 2.09. The highest BCUT2D eigenvalue weighted by Crippen LogP contribution is 2.26. The van der Waals surface area contributed by atoms with Gasteiger partial charge in [0.15, 0.2) is 0 Å². The standard InChI is InChI=1S/C17H26N2O/c1-13(2)11-17(20)18-16-12-15(8-7-14(16)3)19-9-5-4-6-10-19/h7-8,12-13H,4-6,9-11H2,1-3H3,(H,18,20). The lowest BCUT2D eigenvalue weighted by atomic mass is 10.1. The summed E-state index contributed by atoms with van der Waals surface area (Å²) in [6.45, 7) is 8.43. The van der Waals surface area contributed by atoms with Gasteiger partial charge >= 0.3 is 0 Å². The van der Waals surface area contributed by atoms with E-state index in [4.69, 9.17) is 0 Å². The summed E-state index contributed by atoms with van der Waals surface area (Å²) in [6.07, 6.45) is 4.44. The van der Waals surface area contributed by atoms with Crippen molar-refractivity contribution in [3.05, 3.63) is 23.8 Å². The number of benzene rings is 1. The molecule has 1 amide bonds. The van der Waals surface area contributed by atoms with E-state index in [1.54, 1.807) is 0 Å². The van der Waals surface area contributed by atoms with Crippen molar-refractivity contribution in [1.82, 2.24) is 0 Å². The zero-order chi connectivity index (χ0) is 14.5. The molecule has 0 radical (unpaired) electrons. The first-order valence-electron chi connectivity index (χ1n) is 7.71. The molecule has 20 heavy (non-hydrogen) atoms. The molecule has 1 heterocycles. The summed E-state index contributed by atoms with van der Waals surface area (Å²) in [5.41, 5.74) is 3.32. The monoisotopic (exact) mass is 274 g/mol. The van der Waals surface area contributed by atoms with E-state index in [1.807, 2.05) is 6.92 Å². The molecule has 1 aliphatic rings. The van der Waals surface area contributed by atoms with E-state index in [0.717, 1.165) is 24.3 Å². The second-order valence-corrected chi connectivity index (χ2v) is 6.19. The van der Waals surface area contributed by atoms with E-state index in [-0.39, 0.29) is 5.91 Å². The van der Waals surface area contributed by atoms with Crippen LogP contribution in [0.3, 0.4) is 0 Å². The maximum absolute atomic E-state index is 11.9. The second kappa shape index (κ2) is 6.78. The van der Waals surface area contributed by atoms with Gasteiger partial charge in [-0.2, -0.15) is 0 Å². The first-order chi connectivity index (χ1) is 9.56. The third-order valence-corrected chi connectivity index (χ3v) is 3.81. The van der Waals surface area contributed by atoms with Crippen LogP contribution in [0.2, 0.25) is 0 Å². The SMILES string of the molecule is Cc1ccc(N2CCCCC2)cc1NC(=O)CC(C)C. The van der Waals surface area contributed by atoms with Gasteiger partial charge in [-0.15, -0.1) is 0 Å². The quantitative estimate of drug-likeness (QED) is 0.901. The predicted molar refractivity (Wildman–Crippen MR) is 85.3 cm³/mol. The molecule has 110 valence electrons. The smallest absolute Gasteiger partial charge is 0.224 e. The third-order valence-electron chi connectivity index (χ3n) is 3.81. The highest BCUT2D eigenvalue weighted by molar-refractivity contribution is 5.92. The molecule has 1 aromatic rings. The van der Waals surface area contributed by atoms with Gasteiger partial charge in [-0.25, -0.2) is 0 Å². The van der Waals surface area contributed by atoms with E-state index in [1.165, 1.54) is 24.9 Å². The van der Waals surface area contributed by atoms with Gasteiger partial charge in [-0.1, -0.05) is 19.9 Å². The highest BCUT2D eigenvalue weighted by Gasteiger charge is 2.13.